The first-order valence-electron chi connectivity index (χ1n) is 12.8. The molecule has 0 spiro atoms. The Kier molecular flexibility index (Phi) is 6.67. The van der Waals surface area contributed by atoms with Crippen LogP contribution in [0.1, 0.15) is 27.0 Å². The molecule has 3 heterocycles. The number of hydrogen-bond acceptors (Lipinski definition) is 9. The topological polar surface area (TPSA) is 155 Å². The number of nitrogens with two attached hydrogens (primary N) is 1. The molecule has 2 aliphatic heterocycles. The van der Waals surface area contributed by atoms with Crippen LogP contribution < -0.4 is 21.7 Å². The summed E-state index contributed by atoms with van der Waals surface area (Å²) < 4.78 is 1.55. The first-order chi connectivity index (χ1) is 19.5. The van der Waals surface area contributed by atoms with Crippen LogP contribution in [0.15, 0.2) is 89.1 Å². The van der Waals surface area contributed by atoms with Crippen molar-refractivity contribution in [3.05, 3.63) is 101 Å². The third-order valence-electron chi connectivity index (χ3n) is 6.61. The van der Waals surface area contributed by atoms with E-state index < -0.39 is 5.97 Å². The molecule has 0 saturated heterocycles. The SMILES string of the molecule is N/C(=C\Nc1cc(C(=O)O)cc(-n2cc(-c3ccc(C4=NCCN4)cc3)nn2)c1)c1ccc(C2=NCCN2)cc1. The van der Waals surface area contributed by atoms with Gasteiger partial charge in [0.1, 0.15) is 17.4 Å². The van der Waals surface area contributed by atoms with Crippen LogP contribution >= 0.6 is 0 Å². The molecule has 40 heavy (non-hydrogen) atoms. The average molecular weight is 534 g/mol. The second-order valence-electron chi connectivity index (χ2n) is 9.33. The minimum atomic E-state index is -1.06. The summed E-state index contributed by atoms with van der Waals surface area (Å²) in [6.45, 7) is 3.25. The quantitative estimate of drug-likeness (QED) is 0.232. The van der Waals surface area contributed by atoms with E-state index in [1.54, 1.807) is 35.3 Å². The van der Waals surface area contributed by atoms with Gasteiger partial charge in [0.15, 0.2) is 0 Å². The number of nitrogens with zero attached hydrogens (tertiary/aromatic N) is 5. The summed E-state index contributed by atoms with van der Waals surface area (Å²) in [6.07, 6.45) is 3.41. The van der Waals surface area contributed by atoms with E-state index in [4.69, 9.17) is 5.73 Å². The molecule has 11 nitrogen and oxygen atoms in total. The van der Waals surface area contributed by atoms with Gasteiger partial charge < -0.3 is 26.8 Å². The highest BCUT2D eigenvalue weighted by atomic mass is 16.4. The fourth-order valence-corrected chi connectivity index (χ4v) is 4.52. The van der Waals surface area contributed by atoms with Gasteiger partial charge in [0.2, 0.25) is 0 Å². The zero-order valence-electron chi connectivity index (χ0n) is 21.5. The number of rotatable bonds is 8. The number of nitrogens with one attached hydrogen (secondary N) is 3. The van der Waals surface area contributed by atoms with Gasteiger partial charge in [0, 0.05) is 41.7 Å². The Morgan fingerprint density at radius 1 is 0.875 bits per heavy atom. The van der Waals surface area contributed by atoms with Crippen LogP contribution in [0.2, 0.25) is 0 Å². The molecule has 3 aromatic carbocycles. The largest absolute Gasteiger partial charge is 0.478 e. The van der Waals surface area contributed by atoms with E-state index in [1.165, 1.54) is 0 Å². The Morgan fingerprint density at radius 3 is 2.10 bits per heavy atom. The lowest BCUT2D eigenvalue weighted by atomic mass is 10.1. The Morgan fingerprint density at radius 2 is 1.50 bits per heavy atom. The smallest absolute Gasteiger partial charge is 0.335 e. The maximum atomic E-state index is 11.9. The number of hydrogen-bond donors (Lipinski definition) is 5. The van der Waals surface area contributed by atoms with E-state index in [-0.39, 0.29) is 5.56 Å². The van der Waals surface area contributed by atoms with Gasteiger partial charge in [-0.2, -0.15) is 0 Å². The minimum absolute atomic E-state index is 0.104. The summed E-state index contributed by atoms with van der Waals surface area (Å²) in [5, 5.41) is 27.9. The van der Waals surface area contributed by atoms with E-state index >= 15 is 0 Å². The molecule has 2 aliphatic rings. The van der Waals surface area contributed by atoms with E-state index in [0.29, 0.717) is 22.8 Å². The van der Waals surface area contributed by atoms with E-state index in [0.717, 1.165) is 60.1 Å². The van der Waals surface area contributed by atoms with E-state index in [1.807, 2.05) is 48.5 Å². The number of aliphatic imine (C=N–C) groups is 2. The molecule has 0 bridgehead atoms. The molecule has 0 unspecified atom stereocenters. The maximum Gasteiger partial charge on any atom is 0.335 e. The minimum Gasteiger partial charge on any atom is -0.478 e. The number of amidine groups is 2. The second-order valence-corrected chi connectivity index (χ2v) is 9.33. The first-order valence-corrected chi connectivity index (χ1v) is 12.8. The van der Waals surface area contributed by atoms with Crippen molar-refractivity contribution < 1.29 is 9.90 Å². The van der Waals surface area contributed by atoms with Crippen molar-refractivity contribution in [3.8, 4) is 16.9 Å². The number of carboxylic acids is 1. The van der Waals surface area contributed by atoms with Crippen LogP contribution in [0, 0.1) is 0 Å². The van der Waals surface area contributed by atoms with Crippen molar-refractivity contribution in [1.82, 2.24) is 25.6 Å². The zero-order chi connectivity index (χ0) is 27.5. The summed E-state index contributed by atoms with van der Waals surface area (Å²) in [5.74, 6) is 0.721. The molecule has 0 fully saturated rings. The summed E-state index contributed by atoms with van der Waals surface area (Å²) >= 11 is 0. The van der Waals surface area contributed by atoms with Crippen LogP contribution in [0.3, 0.4) is 0 Å². The second kappa shape index (κ2) is 10.7. The summed E-state index contributed by atoms with van der Waals surface area (Å²) in [4.78, 5) is 20.7. The van der Waals surface area contributed by atoms with Crippen molar-refractivity contribution >= 4 is 29.0 Å². The number of carbonyl (C=O) groups is 1. The predicted molar refractivity (Wildman–Crippen MR) is 155 cm³/mol. The monoisotopic (exact) mass is 533 g/mol. The van der Waals surface area contributed by atoms with E-state index in [2.05, 4.69) is 36.2 Å². The molecule has 0 atom stereocenters. The van der Waals surface area contributed by atoms with Crippen LogP contribution in [0.4, 0.5) is 5.69 Å². The van der Waals surface area contributed by atoms with Crippen LogP contribution in [-0.2, 0) is 0 Å². The summed E-state index contributed by atoms with van der Waals surface area (Å²) in [5.41, 5.74) is 12.4. The van der Waals surface area contributed by atoms with Crippen molar-refractivity contribution in [1.29, 1.82) is 0 Å². The van der Waals surface area contributed by atoms with Crippen molar-refractivity contribution in [2.45, 2.75) is 0 Å². The number of carboxylic acid groups (broad SMARTS) is 1. The average Bonchev–Trinajstić information content (AvgIpc) is 3.79. The number of aromatic carboxylic acids is 1. The highest BCUT2D eigenvalue weighted by molar-refractivity contribution is 6.00. The van der Waals surface area contributed by atoms with Crippen LogP contribution in [-0.4, -0.2) is 63.9 Å². The van der Waals surface area contributed by atoms with Crippen LogP contribution in [0.5, 0.6) is 0 Å². The number of benzene rings is 3. The zero-order valence-corrected chi connectivity index (χ0v) is 21.5. The normalized spacial score (nSPS) is 14.8. The Hall–Kier alpha value is -5.45. The summed E-state index contributed by atoms with van der Waals surface area (Å²) in [6, 6.07) is 20.5. The molecule has 0 saturated carbocycles. The third-order valence-corrected chi connectivity index (χ3v) is 6.61. The van der Waals surface area contributed by atoms with Crippen molar-refractivity contribution in [2.24, 2.45) is 15.7 Å². The standard InChI is InChI=1S/C29H27N9O2/c30-25(18-1-5-20(6-2-18)27-31-9-10-32-27)16-35-23-13-22(29(39)40)14-24(15-23)38-17-26(36-37-38)19-3-7-21(8-4-19)28-33-11-12-34-28/h1-8,13-17,35H,9-12,30H2,(H,31,32)(H,33,34)(H,39,40)/b25-16-. The van der Waals surface area contributed by atoms with Crippen molar-refractivity contribution in [3.63, 3.8) is 0 Å². The molecular weight excluding hydrogens is 506 g/mol. The lowest BCUT2D eigenvalue weighted by Gasteiger charge is -2.09. The molecule has 0 radical (unpaired) electrons. The molecule has 6 rings (SSSR count). The number of anilines is 1. The van der Waals surface area contributed by atoms with E-state index in [9.17, 15) is 9.90 Å². The van der Waals surface area contributed by atoms with Crippen molar-refractivity contribution in [2.75, 3.05) is 31.5 Å². The van der Waals surface area contributed by atoms with Gasteiger partial charge >= 0.3 is 5.97 Å². The Labute approximate surface area is 230 Å². The maximum absolute atomic E-state index is 11.9. The molecule has 6 N–H and O–H groups in total. The third kappa shape index (κ3) is 5.25. The molecule has 200 valence electrons. The van der Waals surface area contributed by atoms with Gasteiger partial charge in [0.05, 0.1) is 36.2 Å². The summed E-state index contributed by atoms with van der Waals surface area (Å²) in [7, 11) is 0. The molecule has 1 aromatic heterocycles. The molecule has 0 aliphatic carbocycles. The van der Waals surface area contributed by atoms with Gasteiger partial charge in [-0.3, -0.25) is 9.98 Å². The number of aromatic nitrogens is 3. The predicted octanol–water partition coefficient (Wildman–Crippen LogP) is 2.70. The van der Waals surface area contributed by atoms with Gasteiger partial charge in [-0.25, -0.2) is 9.48 Å². The Bertz CT molecular complexity index is 1650. The lowest BCUT2D eigenvalue weighted by Crippen LogP contribution is -2.19. The molecular formula is C29H27N9O2. The highest BCUT2D eigenvalue weighted by Crippen LogP contribution is 2.23. The molecule has 4 aromatic rings. The van der Waals surface area contributed by atoms with Gasteiger partial charge in [-0.1, -0.05) is 53.7 Å². The highest BCUT2D eigenvalue weighted by Gasteiger charge is 2.13. The first kappa shape index (κ1) is 24.9. The fourth-order valence-electron chi connectivity index (χ4n) is 4.52. The van der Waals surface area contributed by atoms with Gasteiger partial charge in [-0.15, -0.1) is 5.10 Å². The molecule has 0 amide bonds. The molecule has 11 heteroatoms. The fraction of sp³-hybridized carbons (Fsp3) is 0.138. The van der Waals surface area contributed by atoms with Gasteiger partial charge in [0.25, 0.3) is 0 Å². The Balaban J connectivity index is 1.21. The van der Waals surface area contributed by atoms with Gasteiger partial charge in [-0.05, 0) is 23.8 Å². The van der Waals surface area contributed by atoms with Crippen LogP contribution in [0.25, 0.3) is 22.6 Å². The lowest BCUT2D eigenvalue weighted by molar-refractivity contribution is 0.0697.